The highest BCUT2D eigenvalue weighted by Gasteiger charge is 2.29. The second kappa shape index (κ2) is 5.91. The van der Waals surface area contributed by atoms with Crippen LogP contribution in [0.3, 0.4) is 0 Å². The number of carbonyl (C=O) groups is 1. The van der Waals surface area contributed by atoms with Crippen LogP contribution in [0.4, 0.5) is 0 Å². The number of amides is 1. The summed E-state index contributed by atoms with van der Waals surface area (Å²) in [5, 5.41) is 5.44. The molecule has 3 aromatic rings. The van der Waals surface area contributed by atoms with Gasteiger partial charge in [-0.05, 0) is 36.4 Å². The number of carbonyl (C=O) groups excluding carboxylic acids is 1. The average Bonchev–Trinajstić information content (AvgIpc) is 3.29. The number of hydrogen-bond donors (Lipinski definition) is 0. The summed E-state index contributed by atoms with van der Waals surface area (Å²) in [5.41, 5.74) is 1.11. The molecule has 0 radical (unpaired) electrons. The lowest BCUT2D eigenvalue weighted by molar-refractivity contribution is -0.132. The maximum absolute atomic E-state index is 12.8. The van der Waals surface area contributed by atoms with Crippen molar-refractivity contribution in [3.05, 3.63) is 55.0 Å². The van der Waals surface area contributed by atoms with Crippen molar-refractivity contribution >= 4 is 16.8 Å². The second-order valence-electron chi connectivity index (χ2n) is 6.11. The fraction of sp³-hybridized carbons (Fsp3) is 0.333. The molecule has 1 fully saturated rings. The smallest absolute Gasteiger partial charge is 0.242 e. The standard InChI is InChI=1S/C18H20N4O/c23-18(14-20-12-8-15-5-1-2-7-17(15)20)22-11-3-6-16(22)13-21-10-4-9-19-21/h1-2,4-5,7-10,12,16H,3,6,11,13-14H2/t16-/m1/s1. The van der Waals surface area contributed by atoms with Gasteiger partial charge in [0.1, 0.15) is 6.54 Å². The highest BCUT2D eigenvalue weighted by Crippen LogP contribution is 2.21. The Bertz CT molecular complexity index is 805. The van der Waals surface area contributed by atoms with E-state index < -0.39 is 0 Å². The van der Waals surface area contributed by atoms with Gasteiger partial charge in [0, 0.05) is 30.7 Å². The molecule has 0 aliphatic carbocycles. The fourth-order valence-corrected chi connectivity index (χ4v) is 3.49. The third-order valence-corrected chi connectivity index (χ3v) is 4.64. The molecule has 0 saturated carbocycles. The minimum absolute atomic E-state index is 0.195. The predicted molar refractivity (Wildman–Crippen MR) is 88.9 cm³/mol. The van der Waals surface area contributed by atoms with E-state index in [1.165, 1.54) is 5.39 Å². The summed E-state index contributed by atoms with van der Waals surface area (Å²) >= 11 is 0. The van der Waals surface area contributed by atoms with Crippen LogP contribution in [0.1, 0.15) is 12.8 Å². The molecule has 0 N–H and O–H groups in total. The zero-order valence-electron chi connectivity index (χ0n) is 13.0. The third-order valence-electron chi connectivity index (χ3n) is 4.64. The Morgan fingerprint density at radius 2 is 2.09 bits per heavy atom. The Kier molecular flexibility index (Phi) is 3.61. The first-order chi connectivity index (χ1) is 11.3. The fourth-order valence-electron chi connectivity index (χ4n) is 3.49. The lowest BCUT2D eigenvalue weighted by atomic mass is 10.2. The van der Waals surface area contributed by atoms with Crippen molar-refractivity contribution in [1.82, 2.24) is 19.2 Å². The highest BCUT2D eigenvalue weighted by atomic mass is 16.2. The molecule has 1 aromatic carbocycles. The van der Waals surface area contributed by atoms with Gasteiger partial charge in [0.15, 0.2) is 0 Å². The molecule has 0 unspecified atom stereocenters. The molecular formula is C18H20N4O. The SMILES string of the molecule is O=C(Cn1ccc2ccccc21)N1CCC[C@@H]1Cn1cccn1. The Morgan fingerprint density at radius 1 is 1.17 bits per heavy atom. The Hall–Kier alpha value is -2.56. The number of hydrogen-bond acceptors (Lipinski definition) is 2. The Morgan fingerprint density at radius 3 is 2.96 bits per heavy atom. The minimum Gasteiger partial charge on any atom is -0.338 e. The van der Waals surface area contributed by atoms with Gasteiger partial charge in [-0.1, -0.05) is 18.2 Å². The van der Waals surface area contributed by atoms with E-state index in [0.717, 1.165) is 31.4 Å². The molecule has 1 aliphatic heterocycles. The van der Waals surface area contributed by atoms with Crippen molar-refractivity contribution in [2.24, 2.45) is 0 Å². The molecule has 5 heteroatoms. The van der Waals surface area contributed by atoms with Crippen LogP contribution in [0, 0.1) is 0 Å². The van der Waals surface area contributed by atoms with Crippen molar-refractivity contribution in [2.75, 3.05) is 6.54 Å². The van der Waals surface area contributed by atoms with Crippen LogP contribution in [0.2, 0.25) is 0 Å². The number of para-hydroxylation sites is 1. The van der Waals surface area contributed by atoms with Crippen molar-refractivity contribution < 1.29 is 4.79 Å². The van der Waals surface area contributed by atoms with E-state index in [0.29, 0.717) is 6.54 Å². The number of fused-ring (bicyclic) bond motifs is 1. The van der Waals surface area contributed by atoms with Crippen LogP contribution in [0.25, 0.3) is 10.9 Å². The van der Waals surface area contributed by atoms with Gasteiger partial charge in [-0.15, -0.1) is 0 Å². The van der Waals surface area contributed by atoms with Crippen LogP contribution >= 0.6 is 0 Å². The Labute approximate surface area is 135 Å². The molecule has 0 bridgehead atoms. The first-order valence-electron chi connectivity index (χ1n) is 8.12. The van der Waals surface area contributed by atoms with E-state index in [9.17, 15) is 4.79 Å². The normalized spacial score (nSPS) is 17.9. The van der Waals surface area contributed by atoms with Gasteiger partial charge in [0.05, 0.1) is 12.6 Å². The number of rotatable bonds is 4. The molecule has 23 heavy (non-hydrogen) atoms. The zero-order valence-corrected chi connectivity index (χ0v) is 13.0. The van der Waals surface area contributed by atoms with Crippen LogP contribution in [0.15, 0.2) is 55.0 Å². The van der Waals surface area contributed by atoms with E-state index in [4.69, 9.17) is 0 Å². The summed E-state index contributed by atoms with van der Waals surface area (Å²) in [4.78, 5) is 14.8. The first kappa shape index (κ1) is 14.1. The second-order valence-corrected chi connectivity index (χ2v) is 6.11. The van der Waals surface area contributed by atoms with Gasteiger partial charge >= 0.3 is 0 Å². The molecule has 1 aliphatic rings. The first-order valence-corrected chi connectivity index (χ1v) is 8.12. The zero-order chi connectivity index (χ0) is 15.6. The van der Waals surface area contributed by atoms with E-state index in [1.54, 1.807) is 6.20 Å². The third kappa shape index (κ3) is 2.74. The van der Waals surface area contributed by atoms with E-state index in [-0.39, 0.29) is 11.9 Å². The molecule has 2 aromatic heterocycles. The molecule has 0 spiro atoms. The van der Waals surface area contributed by atoms with Crippen molar-refractivity contribution in [3.63, 3.8) is 0 Å². The van der Waals surface area contributed by atoms with Crippen LogP contribution in [-0.4, -0.2) is 37.7 Å². The largest absolute Gasteiger partial charge is 0.338 e. The lowest BCUT2D eigenvalue weighted by Gasteiger charge is -2.25. The van der Waals surface area contributed by atoms with Gasteiger partial charge < -0.3 is 9.47 Å². The summed E-state index contributed by atoms with van der Waals surface area (Å²) in [6, 6.07) is 12.4. The van der Waals surface area contributed by atoms with Gasteiger partial charge in [0.2, 0.25) is 5.91 Å². The molecule has 3 heterocycles. The van der Waals surface area contributed by atoms with Crippen LogP contribution in [0.5, 0.6) is 0 Å². The maximum atomic E-state index is 12.8. The predicted octanol–water partition coefficient (Wildman–Crippen LogP) is 2.53. The van der Waals surface area contributed by atoms with E-state index in [2.05, 4.69) is 23.3 Å². The van der Waals surface area contributed by atoms with Crippen LogP contribution < -0.4 is 0 Å². The van der Waals surface area contributed by atoms with Crippen molar-refractivity contribution in [2.45, 2.75) is 32.0 Å². The number of nitrogens with zero attached hydrogens (tertiary/aromatic N) is 4. The van der Waals surface area contributed by atoms with Gasteiger partial charge in [0.25, 0.3) is 0 Å². The molecule has 1 saturated heterocycles. The summed E-state index contributed by atoms with van der Waals surface area (Å²) in [6.07, 6.45) is 7.87. The quantitative estimate of drug-likeness (QED) is 0.743. The molecule has 118 valence electrons. The summed E-state index contributed by atoms with van der Waals surface area (Å²) in [7, 11) is 0. The topological polar surface area (TPSA) is 43.1 Å². The number of benzene rings is 1. The molecule has 5 nitrogen and oxygen atoms in total. The Balaban J connectivity index is 1.49. The summed E-state index contributed by atoms with van der Waals surface area (Å²) < 4.78 is 3.96. The lowest BCUT2D eigenvalue weighted by Crippen LogP contribution is -2.40. The van der Waals surface area contributed by atoms with Crippen LogP contribution in [-0.2, 0) is 17.9 Å². The average molecular weight is 308 g/mol. The highest BCUT2D eigenvalue weighted by molar-refractivity contribution is 5.83. The minimum atomic E-state index is 0.195. The van der Waals surface area contributed by atoms with E-state index in [1.807, 2.05) is 44.7 Å². The van der Waals surface area contributed by atoms with E-state index >= 15 is 0 Å². The number of aromatic nitrogens is 3. The maximum Gasteiger partial charge on any atom is 0.242 e. The van der Waals surface area contributed by atoms with Crippen molar-refractivity contribution in [1.29, 1.82) is 0 Å². The molecule has 4 rings (SSSR count). The van der Waals surface area contributed by atoms with Crippen molar-refractivity contribution in [3.8, 4) is 0 Å². The molecule has 1 atom stereocenters. The summed E-state index contributed by atoms with van der Waals surface area (Å²) in [6.45, 7) is 2.04. The van der Waals surface area contributed by atoms with Gasteiger partial charge in [-0.25, -0.2) is 0 Å². The summed E-state index contributed by atoms with van der Waals surface area (Å²) in [5.74, 6) is 0.195. The molecule has 1 amide bonds. The molecular weight excluding hydrogens is 288 g/mol. The monoisotopic (exact) mass is 308 g/mol. The van der Waals surface area contributed by atoms with Gasteiger partial charge in [-0.2, -0.15) is 5.10 Å². The number of likely N-dealkylation sites (tertiary alicyclic amines) is 1. The van der Waals surface area contributed by atoms with Gasteiger partial charge in [-0.3, -0.25) is 9.48 Å².